The van der Waals surface area contributed by atoms with Gasteiger partial charge in [-0.15, -0.1) is 11.6 Å². The smallest absolute Gasteiger partial charge is 0.229 e. The van der Waals surface area contributed by atoms with E-state index in [4.69, 9.17) is 16.1 Å². The molecule has 0 atom stereocenters. The summed E-state index contributed by atoms with van der Waals surface area (Å²) in [4.78, 5) is 4.29. The van der Waals surface area contributed by atoms with Crippen LogP contribution in [0.25, 0.3) is 0 Å². The molecule has 0 spiro atoms. The minimum Gasteiger partial charge on any atom is -0.339 e. The van der Waals surface area contributed by atoms with Crippen LogP contribution in [0.4, 0.5) is 0 Å². The van der Waals surface area contributed by atoms with Crippen LogP contribution >= 0.6 is 11.6 Å². The van der Waals surface area contributed by atoms with Crippen LogP contribution in [0.15, 0.2) is 4.52 Å². The fourth-order valence-electron chi connectivity index (χ4n) is 1.72. The van der Waals surface area contributed by atoms with Crippen molar-refractivity contribution in [3.8, 4) is 0 Å². The van der Waals surface area contributed by atoms with Crippen molar-refractivity contribution in [1.82, 2.24) is 10.1 Å². The first kappa shape index (κ1) is 9.00. The third-order valence-corrected chi connectivity index (χ3v) is 2.71. The third kappa shape index (κ3) is 1.85. The van der Waals surface area contributed by atoms with Gasteiger partial charge < -0.3 is 4.52 Å². The number of aromatic nitrogens is 2. The lowest BCUT2D eigenvalue weighted by Crippen LogP contribution is -2.19. The molecule has 0 radical (unpaired) electrons. The summed E-state index contributed by atoms with van der Waals surface area (Å²) in [6.45, 7) is 2.24. The van der Waals surface area contributed by atoms with E-state index in [9.17, 15) is 0 Å². The van der Waals surface area contributed by atoms with Gasteiger partial charge >= 0.3 is 0 Å². The minimum absolute atomic E-state index is 0.506. The highest BCUT2D eigenvalue weighted by Crippen LogP contribution is 2.40. The Morgan fingerprint density at radius 3 is 2.92 bits per heavy atom. The lowest BCUT2D eigenvalue weighted by molar-refractivity contribution is 0.227. The monoisotopic (exact) mass is 200 g/mol. The zero-order chi connectivity index (χ0) is 9.26. The normalized spacial score (nSPS) is 27.2. The van der Waals surface area contributed by atoms with Crippen molar-refractivity contribution in [3.05, 3.63) is 11.7 Å². The maximum absolute atomic E-state index is 5.57. The second-order valence-corrected chi connectivity index (χ2v) is 4.14. The molecule has 2 rings (SSSR count). The van der Waals surface area contributed by atoms with Crippen molar-refractivity contribution in [1.29, 1.82) is 0 Å². The number of halogens is 1. The zero-order valence-corrected chi connectivity index (χ0v) is 8.42. The summed E-state index contributed by atoms with van der Waals surface area (Å²) in [7, 11) is 0. The Morgan fingerprint density at radius 1 is 1.54 bits per heavy atom. The molecule has 0 bridgehead atoms. The van der Waals surface area contributed by atoms with Crippen LogP contribution < -0.4 is 0 Å². The summed E-state index contributed by atoms with van der Waals surface area (Å²) in [6.07, 6.45) is 3.07. The first-order chi connectivity index (χ1) is 6.29. The first-order valence-electron chi connectivity index (χ1n) is 4.68. The molecule has 0 aliphatic heterocycles. The maximum Gasteiger partial charge on any atom is 0.229 e. The molecule has 1 aromatic rings. The second kappa shape index (κ2) is 3.66. The van der Waals surface area contributed by atoms with Gasteiger partial charge in [0.05, 0.1) is 0 Å². The Hall–Kier alpha value is -0.570. The van der Waals surface area contributed by atoms with Gasteiger partial charge in [0.25, 0.3) is 0 Å². The highest BCUT2D eigenvalue weighted by Gasteiger charge is 2.31. The second-order valence-electron chi connectivity index (χ2n) is 3.76. The van der Waals surface area contributed by atoms with Crippen LogP contribution in [-0.2, 0) is 6.42 Å². The standard InChI is InChI=1S/C9H13ClN2O/c1-6-4-7(5-6)9-11-8(2-3-10)12-13-9/h6-7H,2-5H2,1H3. The van der Waals surface area contributed by atoms with E-state index in [1.54, 1.807) is 0 Å². The minimum atomic E-state index is 0.506. The van der Waals surface area contributed by atoms with Crippen LogP contribution in [0, 0.1) is 5.92 Å². The predicted octanol–water partition coefficient (Wildman–Crippen LogP) is 2.36. The highest BCUT2D eigenvalue weighted by atomic mass is 35.5. The van der Waals surface area contributed by atoms with Crippen LogP contribution in [0.1, 0.15) is 37.4 Å². The van der Waals surface area contributed by atoms with Crippen LogP contribution in [0.3, 0.4) is 0 Å². The molecule has 1 heterocycles. The van der Waals surface area contributed by atoms with E-state index in [1.165, 1.54) is 12.8 Å². The van der Waals surface area contributed by atoms with Crippen molar-refractivity contribution in [2.24, 2.45) is 5.92 Å². The highest BCUT2D eigenvalue weighted by molar-refractivity contribution is 6.17. The van der Waals surface area contributed by atoms with E-state index < -0.39 is 0 Å². The van der Waals surface area contributed by atoms with E-state index in [0.29, 0.717) is 18.2 Å². The topological polar surface area (TPSA) is 38.9 Å². The summed E-state index contributed by atoms with van der Waals surface area (Å²) in [5, 5.41) is 3.86. The SMILES string of the molecule is CC1CC(c2nc(CCCl)no2)C1. The number of hydrogen-bond acceptors (Lipinski definition) is 3. The molecule has 0 saturated heterocycles. The summed E-state index contributed by atoms with van der Waals surface area (Å²) in [5.41, 5.74) is 0. The quantitative estimate of drug-likeness (QED) is 0.704. The molecule has 0 unspecified atom stereocenters. The van der Waals surface area contributed by atoms with Gasteiger partial charge in [-0.05, 0) is 18.8 Å². The molecule has 3 nitrogen and oxygen atoms in total. The van der Waals surface area contributed by atoms with Crippen molar-refractivity contribution in [2.45, 2.75) is 32.1 Å². The van der Waals surface area contributed by atoms with Gasteiger partial charge in [0, 0.05) is 18.2 Å². The number of rotatable bonds is 3. The van der Waals surface area contributed by atoms with Crippen molar-refractivity contribution < 1.29 is 4.52 Å². The number of aryl methyl sites for hydroxylation is 1. The molecule has 72 valence electrons. The summed E-state index contributed by atoms with van der Waals surface area (Å²) < 4.78 is 5.15. The maximum atomic E-state index is 5.57. The van der Waals surface area contributed by atoms with Gasteiger partial charge in [0.15, 0.2) is 5.82 Å². The molecule has 0 aromatic carbocycles. The van der Waals surface area contributed by atoms with E-state index in [1.807, 2.05) is 0 Å². The number of alkyl halides is 1. The average molecular weight is 201 g/mol. The molecule has 1 saturated carbocycles. The Labute approximate surface area is 82.5 Å². The van der Waals surface area contributed by atoms with Gasteiger partial charge in [-0.25, -0.2) is 0 Å². The number of hydrogen-bond donors (Lipinski definition) is 0. The lowest BCUT2D eigenvalue weighted by atomic mass is 9.76. The van der Waals surface area contributed by atoms with E-state index in [2.05, 4.69) is 17.1 Å². The van der Waals surface area contributed by atoms with Gasteiger partial charge in [0.2, 0.25) is 5.89 Å². The summed E-state index contributed by atoms with van der Waals surface area (Å²) in [5.74, 6) is 3.42. The van der Waals surface area contributed by atoms with E-state index >= 15 is 0 Å². The van der Waals surface area contributed by atoms with Crippen LogP contribution in [0.2, 0.25) is 0 Å². The number of nitrogens with zero attached hydrogens (tertiary/aromatic N) is 2. The predicted molar refractivity (Wildman–Crippen MR) is 49.9 cm³/mol. The van der Waals surface area contributed by atoms with Crippen molar-refractivity contribution in [2.75, 3.05) is 5.88 Å². The van der Waals surface area contributed by atoms with Crippen LogP contribution in [-0.4, -0.2) is 16.0 Å². The van der Waals surface area contributed by atoms with Gasteiger partial charge in [-0.2, -0.15) is 4.98 Å². The molecule has 0 amide bonds. The molecule has 1 aliphatic rings. The lowest BCUT2D eigenvalue weighted by Gasteiger charge is -2.29. The molecule has 0 N–H and O–H groups in total. The average Bonchev–Trinajstić information content (AvgIpc) is 2.48. The third-order valence-electron chi connectivity index (χ3n) is 2.52. The Bertz CT molecular complexity index is 281. The summed E-state index contributed by atoms with van der Waals surface area (Å²) >= 11 is 5.57. The van der Waals surface area contributed by atoms with Crippen LogP contribution in [0.5, 0.6) is 0 Å². The first-order valence-corrected chi connectivity index (χ1v) is 5.21. The molecule has 1 fully saturated rings. The van der Waals surface area contributed by atoms with E-state index in [0.717, 1.165) is 17.6 Å². The van der Waals surface area contributed by atoms with Gasteiger partial charge in [-0.3, -0.25) is 0 Å². The van der Waals surface area contributed by atoms with E-state index in [-0.39, 0.29) is 0 Å². The fourth-order valence-corrected chi connectivity index (χ4v) is 1.89. The fraction of sp³-hybridized carbons (Fsp3) is 0.778. The molecule has 1 aliphatic carbocycles. The molecular formula is C9H13ClN2O. The molecule has 1 aromatic heterocycles. The molecule has 13 heavy (non-hydrogen) atoms. The van der Waals surface area contributed by atoms with Gasteiger partial charge in [0.1, 0.15) is 0 Å². The largest absolute Gasteiger partial charge is 0.339 e. The van der Waals surface area contributed by atoms with Crippen molar-refractivity contribution >= 4 is 11.6 Å². The Balaban J connectivity index is 1.97. The summed E-state index contributed by atoms with van der Waals surface area (Å²) in [6, 6.07) is 0. The zero-order valence-electron chi connectivity index (χ0n) is 7.66. The molecular weight excluding hydrogens is 188 g/mol. The Morgan fingerprint density at radius 2 is 2.31 bits per heavy atom. The Kier molecular flexibility index (Phi) is 2.54. The van der Waals surface area contributed by atoms with Crippen molar-refractivity contribution in [3.63, 3.8) is 0 Å². The van der Waals surface area contributed by atoms with Gasteiger partial charge in [-0.1, -0.05) is 12.1 Å². The molecule has 4 heteroatoms.